The number of hydrogen-bond acceptors (Lipinski definition) is 3. The molecule has 0 bridgehead atoms. The molecule has 0 fully saturated rings. The molecule has 0 aliphatic heterocycles. The first-order valence-corrected chi connectivity index (χ1v) is 6.01. The lowest BCUT2D eigenvalue weighted by Gasteiger charge is -2.14. The number of fused-ring (bicyclic) bond motifs is 1. The van der Waals surface area contributed by atoms with Gasteiger partial charge in [0.05, 0.1) is 13.5 Å². The third-order valence-electron chi connectivity index (χ3n) is 2.86. The molecule has 0 spiro atoms. The minimum Gasteiger partial charge on any atom is -0.469 e. The number of benzene rings is 2. The van der Waals surface area contributed by atoms with Gasteiger partial charge in [-0.25, -0.2) is 0 Å². The Bertz CT molecular complexity index is 551. The van der Waals surface area contributed by atoms with Crippen LogP contribution in [-0.2, 0) is 9.53 Å². The summed E-state index contributed by atoms with van der Waals surface area (Å²) in [7, 11) is 1.41. The van der Waals surface area contributed by atoms with Crippen LogP contribution in [0.25, 0.3) is 10.8 Å². The summed E-state index contributed by atoms with van der Waals surface area (Å²) in [6.07, 6.45) is 0.364. The molecule has 0 amide bonds. The Morgan fingerprint density at radius 2 is 1.94 bits per heavy atom. The van der Waals surface area contributed by atoms with Crippen LogP contribution in [0.4, 0.5) is 5.69 Å². The SMILES string of the molecule is COC(=O)C[C@H](C)Nc1ccc2ccccc2c1. The molecule has 3 heteroatoms. The minimum absolute atomic E-state index is 0.0543. The van der Waals surface area contributed by atoms with Crippen LogP contribution in [0.1, 0.15) is 13.3 Å². The van der Waals surface area contributed by atoms with Crippen LogP contribution < -0.4 is 5.32 Å². The van der Waals surface area contributed by atoms with Crippen LogP contribution >= 0.6 is 0 Å². The van der Waals surface area contributed by atoms with Crippen molar-refractivity contribution in [1.29, 1.82) is 0 Å². The van der Waals surface area contributed by atoms with E-state index in [1.165, 1.54) is 17.9 Å². The van der Waals surface area contributed by atoms with Crippen molar-refractivity contribution in [1.82, 2.24) is 0 Å². The first-order valence-electron chi connectivity index (χ1n) is 6.01. The normalized spacial score (nSPS) is 12.1. The molecule has 0 unspecified atom stereocenters. The maximum absolute atomic E-state index is 11.2. The van der Waals surface area contributed by atoms with Gasteiger partial charge >= 0.3 is 5.97 Å². The molecule has 2 aromatic carbocycles. The minimum atomic E-state index is -0.198. The van der Waals surface area contributed by atoms with Gasteiger partial charge < -0.3 is 10.1 Å². The zero-order valence-corrected chi connectivity index (χ0v) is 10.6. The molecule has 1 N–H and O–H groups in total. The lowest BCUT2D eigenvalue weighted by Crippen LogP contribution is -2.20. The average Bonchev–Trinajstić information content (AvgIpc) is 2.38. The average molecular weight is 243 g/mol. The third kappa shape index (κ3) is 3.00. The Morgan fingerprint density at radius 1 is 1.22 bits per heavy atom. The van der Waals surface area contributed by atoms with Crippen molar-refractivity contribution >= 4 is 22.4 Å². The summed E-state index contributed by atoms with van der Waals surface area (Å²) in [4.78, 5) is 11.2. The molecule has 94 valence electrons. The highest BCUT2D eigenvalue weighted by Gasteiger charge is 2.08. The van der Waals surface area contributed by atoms with Crippen molar-refractivity contribution < 1.29 is 9.53 Å². The number of hydrogen-bond donors (Lipinski definition) is 1. The van der Waals surface area contributed by atoms with Crippen LogP contribution in [0.5, 0.6) is 0 Å². The maximum atomic E-state index is 11.2. The summed E-state index contributed by atoms with van der Waals surface area (Å²) < 4.78 is 4.65. The van der Waals surface area contributed by atoms with E-state index in [0.717, 1.165) is 5.69 Å². The van der Waals surface area contributed by atoms with Gasteiger partial charge in [0.2, 0.25) is 0 Å². The van der Waals surface area contributed by atoms with Crippen LogP contribution in [0.2, 0.25) is 0 Å². The van der Waals surface area contributed by atoms with Gasteiger partial charge in [-0.3, -0.25) is 4.79 Å². The van der Waals surface area contributed by atoms with Crippen LogP contribution in [0.15, 0.2) is 42.5 Å². The van der Waals surface area contributed by atoms with Crippen molar-refractivity contribution in [2.24, 2.45) is 0 Å². The summed E-state index contributed by atoms with van der Waals surface area (Å²) in [6.45, 7) is 1.96. The highest BCUT2D eigenvalue weighted by atomic mass is 16.5. The van der Waals surface area contributed by atoms with E-state index < -0.39 is 0 Å². The van der Waals surface area contributed by atoms with E-state index in [2.05, 4.69) is 34.3 Å². The van der Waals surface area contributed by atoms with Gasteiger partial charge in [0, 0.05) is 11.7 Å². The zero-order valence-electron chi connectivity index (χ0n) is 10.6. The fourth-order valence-corrected chi connectivity index (χ4v) is 1.95. The second kappa shape index (κ2) is 5.54. The van der Waals surface area contributed by atoms with Gasteiger partial charge in [-0.15, -0.1) is 0 Å². The van der Waals surface area contributed by atoms with Crippen molar-refractivity contribution in [2.75, 3.05) is 12.4 Å². The fraction of sp³-hybridized carbons (Fsp3) is 0.267. The smallest absolute Gasteiger partial charge is 0.307 e. The fourth-order valence-electron chi connectivity index (χ4n) is 1.95. The van der Waals surface area contributed by atoms with Crippen LogP contribution in [0.3, 0.4) is 0 Å². The third-order valence-corrected chi connectivity index (χ3v) is 2.86. The van der Waals surface area contributed by atoms with Crippen molar-refractivity contribution in [3.05, 3.63) is 42.5 Å². The Hall–Kier alpha value is -2.03. The molecule has 1 atom stereocenters. The van der Waals surface area contributed by atoms with Gasteiger partial charge in [-0.05, 0) is 29.8 Å². The van der Waals surface area contributed by atoms with E-state index in [-0.39, 0.29) is 12.0 Å². The first-order chi connectivity index (χ1) is 8.69. The molecule has 0 radical (unpaired) electrons. The lowest BCUT2D eigenvalue weighted by molar-refractivity contribution is -0.140. The van der Waals surface area contributed by atoms with Crippen molar-refractivity contribution in [3.63, 3.8) is 0 Å². The molecule has 0 saturated carbocycles. The van der Waals surface area contributed by atoms with Gasteiger partial charge in [0.25, 0.3) is 0 Å². The molecule has 0 aromatic heterocycles. The second-order valence-electron chi connectivity index (χ2n) is 4.39. The van der Waals surface area contributed by atoms with Gasteiger partial charge in [0.1, 0.15) is 0 Å². The summed E-state index contributed by atoms with van der Waals surface area (Å²) in [5, 5.41) is 5.70. The number of ether oxygens (including phenoxy) is 1. The molecule has 0 aliphatic rings. The van der Waals surface area contributed by atoms with Crippen LogP contribution in [0, 0.1) is 0 Å². The molecule has 0 saturated heterocycles. The predicted molar refractivity (Wildman–Crippen MR) is 73.7 cm³/mol. The Kier molecular flexibility index (Phi) is 3.82. The van der Waals surface area contributed by atoms with Gasteiger partial charge in [-0.1, -0.05) is 30.3 Å². The number of esters is 1. The Morgan fingerprint density at radius 3 is 2.67 bits per heavy atom. The summed E-state index contributed by atoms with van der Waals surface area (Å²) in [5.41, 5.74) is 1.02. The topological polar surface area (TPSA) is 38.3 Å². The number of rotatable bonds is 4. The van der Waals surface area contributed by atoms with Gasteiger partial charge in [-0.2, -0.15) is 0 Å². The summed E-state index contributed by atoms with van der Waals surface area (Å²) in [5.74, 6) is -0.198. The second-order valence-corrected chi connectivity index (χ2v) is 4.39. The van der Waals surface area contributed by atoms with E-state index in [4.69, 9.17) is 0 Å². The molecule has 2 aromatic rings. The molecule has 0 heterocycles. The van der Waals surface area contributed by atoms with E-state index in [9.17, 15) is 4.79 Å². The first kappa shape index (κ1) is 12.4. The molecule has 18 heavy (non-hydrogen) atoms. The molecule has 0 aliphatic carbocycles. The zero-order chi connectivity index (χ0) is 13.0. The van der Waals surface area contributed by atoms with E-state index in [1.807, 2.05) is 25.1 Å². The predicted octanol–water partition coefficient (Wildman–Crippen LogP) is 3.20. The largest absolute Gasteiger partial charge is 0.469 e. The Labute approximate surface area is 107 Å². The number of carbonyl (C=O) groups excluding carboxylic acids is 1. The van der Waals surface area contributed by atoms with Crippen LogP contribution in [-0.4, -0.2) is 19.1 Å². The summed E-state index contributed by atoms with van der Waals surface area (Å²) in [6, 6.07) is 14.4. The maximum Gasteiger partial charge on any atom is 0.307 e. The van der Waals surface area contributed by atoms with E-state index >= 15 is 0 Å². The van der Waals surface area contributed by atoms with Crippen molar-refractivity contribution in [3.8, 4) is 0 Å². The lowest BCUT2D eigenvalue weighted by atomic mass is 10.1. The van der Waals surface area contributed by atoms with E-state index in [1.54, 1.807) is 0 Å². The van der Waals surface area contributed by atoms with Gasteiger partial charge in [0.15, 0.2) is 0 Å². The Balaban J connectivity index is 2.09. The highest BCUT2D eigenvalue weighted by Crippen LogP contribution is 2.19. The molecular formula is C15H17NO2. The molecular weight excluding hydrogens is 226 g/mol. The standard InChI is InChI=1S/C15H17NO2/c1-11(9-15(17)18-2)16-14-8-7-12-5-3-4-6-13(12)10-14/h3-8,10-11,16H,9H2,1-2H3/t11-/m0/s1. The number of nitrogens with one attached hydrogen (secondary N) is 1. The highest BCUT2D eigenvalue weighted by molar-refractivity contribution is 5.85. The van der Waals surface area contributed by atoms with E-state index in [0.29, 0.717) is 6.42 Å². The molecule has 3 nitrogen and oxygen atoms in total. The quantitative estimate of drug-likeness (QED) is 0.838. The number of anilines is 1. The summed E-state index contributed by atoms with van der Waals surface area (Å²) >= 11 is 0. The number of methoxy groups -OCH3 is 1. The number of carbonyl (C=O) groups is 1. The molecule has 2 rings (SSSR count). The van der Waals surface area contributed by atoms with Crippen molar-refractivity contribution in [2.45, 2.75) is 19.4 Å². The monoisotopic (exact) mass is 243 g/mol.